The van der Waals surface area contributed by atoms with Crippen molar-refractivity contribution in [2.45, 2.75) is 88.7 Å². The molecule has 1 heterocycles. The summed E-state index contributed by atoms with van der Waals surface area (Å²) in [4.78, 5) is 13.7. The molecule has 8 atom stereocenters. The maximum Gasteiger partial charge on any atom is 0.178 e. The van der Waals surface area contributed by atoms with Crippen molar-refractivity contribution in [3.8, 4) is 0 Å². The van der Waals surface area contributed by atoms with Crippen LogP contribution >= 0.6 is 0 Å². The summed E-state index contributed by atoms with van der Waals surface area (Å²) in [5.74, 6) is 2.46. The van der Waals surface area contributed by atoms with Crippen LogP contribution in [0.15, 0.2) is 17.3 Å². The lowest BCUT2D eigenvalue weighted by molar-refractivity contribution is -0.175. The molecule has 0 unspecified atom stereocenters. The summed E-state index contributed by atoms with van der Waals surface area (Å²) in [6.45, 7) is 5.26. The Labute approximate surface area is 209 Å². The zero-order valence-electron chi connectivity index (χ0n) is 21.7. The molecule has 0 saturated heterocycles. The molecule has 4 fully saturated rings. The molecule has 8 heteroatoms. The van der Waals surface area contributed by atoms with Gasteiger partial charge in [-0.15, -0.1) is 0 Å². The van der Waals surface area contributed by atoms with Gasteiger partial charge < -0.3 is 9.84 Å². The standard InChI is InChI=1S/C27H42N2O5S/c1-25(31)11-12-27(17-34-3)18(13-25)5-6-20-21-7-8-23(26(21,2)10-9-22(20)27)24(30)16-29-15-19(14-28-29)35(4,32)33/h14-15,18,20-23,31H,5-13,16-17H2,1-4H3/t18-,20+,21+,22+,23-,25-,26+,27-/m1/s1. The largest absolute Gasteiger partial charge is 0.390 e. The van der Waals surface area contributed by atoms with E-state index in [9.17, 15) is 18.3 Å². The third-order valence-electron chi connectivity index (χ3n) is 10.8. The van der Waals surface area contributed by atoms with Gasteiger partial charge in [0.2, 0.25) is 0 Å². The molecule has 4 aliphatic rings. The molecule has 1 N–H and O–H groups in total. The first kappa shape index (κ1) is 25.4. The van der Waals surface area contributed by atoms with E-state index in [1.807, 2.05) is 14.0 Å². The van der Waals surface area contributed by atoms with E-state index in [4.69, 9.17) is 4.74 Å². The van der Waals surface area contributed by atoms with E-state index in [0.717, 1.165) is 64.2 Å². The molecule has 7 nitrogen and oxygen atoms in total. The predicted octanol–water partition coefficient (Wildman–Crippen LogP) is 3.89. The molecule has 0 aromatic carbocycles. The molecule has 196 valence electrons. The molecule has 0 radical (unpaired) electrons. The van der Waals surface area contributed by atoms with Gasteiger partial charge in [-0.2, -0.15) is 5.10 Å². The molecule has 0 aliphatic heterocycles. The number of methoxy groups -OCH3 is 1. The molecule has 5 rings (SSSR count). The molecule has 1 aromatic heterocycles. The molecule has 0 spiro atoms. The highest BCUT2D eigenvalue weighted by atomic mass is 32.2. The molecule has 0 amide bonds. The second-order valence-corrected chi connectivity index (χ2v) is 14.8. The minimum absolute atomic E-state index is 0.00233. The molecule has 1 aromatic rings. The summed E-state index contributed by atoms with van der Waals surface area (Å²) in [5.41, 5.74) is -0.418. The molecule has 0 bridgehead atoms. The number of Topliss-reactive ketones (excluding diaryl/α,β-unsaturated/α-hetero) is 1. The Kier molecular flexibility index (Phi) is 6.28. The first-order valence-electron chi connectivity index (χ1n) is 13.4. The number of hydrogen-bond acceptors (Lipinski definition) is 6. The number of carbonyl (C=O) groups excluding carboxylic acids is 1. The van der Waals surface area contributed by atoms with E-state index in [-0.39, 0.29) is 34.0 Å². The van der Waals surface area contributed by atoms with Crippen molar-refractivity contribution in [2.24, 2.45) is 40.4 Å². The van der Waals surface area contributed by atoms with Crippen LogP contribution in [0.5, 0.6) is 0 Å². The number of rotatable bonds is 6. The Morgan fingerprint density at radius 3 is 2.60 bits per heavy atom. The Bertz CT molecular complexity index is 1080. The van der Waals surface area contributed by atoms with Crippen molar-refractivity contribution in [3.63, 3.8) is 0 Å². The third kappa shape index (κ3) is 4.21. The maximum atomic E-state index is 13.5. The van der Waals surface area contributed by atoms with Crippen LogP contribution in [-0.2, 0) is 25.9 Å². The fourth-order valence-corrected chi connectivity index (χ4v) is 9.76. The van der Waals surface area contributed by atoms with E-state index in [0.29, 0.717) is 23.7 Å². The number of carbonyl (C=O) groups is 1. The lowest BCUT2D eigenvalue weighted by Crippen LogP contribution is -2.58. The number of hydrogen-bond donors (Lipinski definition) is 1. The second kappa shape index (κ2) is 8.66. The summed E-state index contributed by atoms with van der Waals surface area (Å²) < 4.78 is 31.0. The first-order chi connectivity index (χ1) is 16.4. The quantitative estimate of drug-likeness (QED) is 0.629. The summed E-state index contributed by atoms with van der Waals surface area (Å²) >= 11 is 0. The summed E-state index contributed by atoms with van der Waals surface area (Å²) in [7, 11) is -1.51. The van der Waals surface area contributed by atoms with Gasteiger partial charge in [0.25, 0.3) is 0 Å². The minimum Gasteiger partial charge on any atom is -0.390 e. The Morgan fingerprint density at radius 1 is 1.14 bits per heavy atom. The molecule has 4 saturated carbocycles. The third-order valence-corrected chi connectivity index (χ3v) is 11.9. The molecule has 4 aliphatic carbocycles. The smallest absolute Gasteiger partial charge is 0.178 e. The monoisotopic (exact) mass is 506 g/mol. The van der Waals surface area contributed by atoms with E-state index in [2.05, 4.69) is 12.0 Å². The highest BCUT2D eigenvalue weighted by Gasteiger charge is 2.63. The van der Waals surface area contributed by atoms with Crippen molar-refractivity contribution in [3.05, 3.63) is 12.4 Å². The number of aromatic nitrogens is 2. The van der Waals surface area contributed by atoms with Gasteiger partial charge in [0.15, 0.2) is 15.6 Å². The van der Waals surface area contributed by atoms with Crippen molar-refractivity contribution in [1.29, 1.82) is 0 Å². The van der Waals surface area contributed by atoms with Gasteiger partial charge in [-0.25, -0.2) is 8.42 Å². The number of sulfone groups is 1. The van der Waals surface area contributed by atoms with Gasteiger partial charge in [0.05, 0.1) is 24.9 Å². The summed E-state index contributed by atoms with van der Waals surface area (Å²) in [5, 5.41) is 15.0. The van der Waals surface area contributed by atoms with E-state index in [1.165, 1.54) is 23.5 Å². The number of ether oxygens (including phenoxy) is 1. The Morgan fingerprint density at radius 2 is 1.91 bits per heavy atom. The number of fused-ring (bicyclic) bond motifs is 5. The summed E-state index contributed by atoms with van der Waals surface area (Å²) in [6, 6.07) is 0. The predicted molar refractivity (Wildman–Crippen MR) is 132 cm³/mol. The van der Waals surface area contributed by atoms with Gasteiger partial charge in [-0.05, 0) is 99.2 Å². The zero-order valence-corrected chi connectivity index (χ0v) is 22.5. The average molecular weight is 507 g/mol. The first-order valence-corrected chi connectivity index (χ1v) is 15.3. The average Bonchev–Trinajstić information content (AvgIpc) is 3.38. The Hall–Kier alpha value is -1.25. The lowest BCUT2D eigenvalue weighted by Gasteiger charge is -2.62. The van der Waals surface area contributed by atoms with Crippen molar-refractivity contribution in [2.75, 3.05) is 20.0 Å². The van der Waals surface area contributed by atoms with Gasteiger partial charge in [-0.1, -0.05) is 6.92 Å². The molecular formula is C27H42N2O5S. The molecular weight excluding hydrogens is 464 g/mol. The fraction of sp³-hybridized carbons (Fsp3) is 0.852. The topological polar surface area (TPSA) is 98.5 Å². The van der Waals surface area contributed by atoms with E-state index < -0.39 is 15.4 Å². The van der Waals surface area contributed by atoms with Crippen LogP contribution in [0.4, 0.5) is 0 Å². The van der Waals surface area contributed by atoms with Gasteiger partial charge >= 0.3 is 0 Å². The van der Waals surface area contributed by atoms with Crippen LogP contribution in [0.1, 0.15) is 71.6 Å². The van der Waals surface area contributed by atoms with Crippen LogP contribution < -0.4 is 0 Å². The number of aliphatic hydroxyl groups is 1. The van der Waals surface area contributed by atoms with Crippen LogP contribution in [0.25, 0.3) is 0 Å². The van der Waals surface area contributed by atoms with Crippen molar-refractivity contribution >= 4 is 15.6 Å². The van der Waals surface area contributed by atoms with E-state index >= 15 is 0 Å². The normalized spacial score (nSPS) is 43.3. The van der Waals surface area contributed by atoms with Crippen molar-refractivity contribution < 1.29 is 23.1 Å². The maximum absolute atomic E-state index is 13.5. The second-order valence-electron chi connectivity index (χ2n) is 12.8. The van der Waals surface area contributed by atoms with Crippen LogP contribution in [0, 0.1) is 40.4 Å². The SMILES string of the molecule is COC[C@]12CC[C@@](C)(O)C[C@H]1CC[C@H]1[C@@H]3CC[C@H](C(=O)Cn4cc(S(C)(=O)=O)cn4)[C@@]3(C)CC[C@@H]12. The minimum atomic E-state index is -3.33. The van der Waals surface area contributed by atoms with Crippen LogP contribution in [-0.4, -0.2) is 54.7 Å². The summed E-state index contributed by atoms with van der Waals surface area (Å²) in [6.07, 6.45) is 13.3. The van der Waals surface area contributed by atoms with Gasteiger partial charge in [0.1, 0.15) is 4.90 Å². The van der Waals surface area contributed by atoms with Crippen LogP contribution in [0.3, 0.4) is 0 Å². The van der Waals surface area contributed by atoms with Crippen molar-refractivity contribution in [1.82, 2.24) is 9.78 Å². The zero-order chi connectivity index (χ0) is 25.2. The van der Waals surface area contributed by atoms with Gasteiger partial charge in [0, 0.05) is 25.5 Å². The lowest BCUT2D eigenvalue weighted by atomic mass is 9.43. The number of ketones is 1. The van der Waals surface area contributed by atoms with Gasteiger partial charge in [-0.3, -0.25) is 9.48 Å². The fourth-order valence-electron chi connectivity index (χ4n) is 9.20. The Balaban J connectivity index is 1.35. The molecule has 35 heavy (non-hydrogen) atoms. The van der Waals surface area contributed by atoms with Crippen LogP contribution in [0.2, 0.25) is 0 Å². The highest BCUT2D eigenvalue weighted by Crippen LogP contribution is 2.68. The number of nitrogens with zero attached hydrogens (tertiary/aromatic N) is 2. The highest BCUT2D eigenvalue weighted by molar-refractivity contribution is 7.90. The van der Waals surface area contributed by atoms with E-state index in [1.54, 1.807) is 0 Å².